The van der Waals surface area contributed by atoms with Gasteiger partial charge >= 0.3 is 0 Å². The lowest BCUT2D eigenvalue weighted by molar-refractivity contribution is -0.133. The normalized spacial score (nSPS) is 20.6. The van der Waals surface area contributed by atoms with Gasteiger partial charge in [0, 0.05) is 18.4 Å². The van der Waals surface area contributed by atoms with Gasteiger partial charge in [-0.3, -0.25) is 9.59 Å². The number of carbonyl (C=O) groups excluding carboxylic acids is 2. The first-order chi connectivity index (χ1) is 11.9. The Bertz CT molecular complexity index is 708. The lowest BCUT2D eigenvalue weighted by Crippen LogP contribution is -2.45. The number of allylic oxidation sites excluding steroid dienone is 5. The highest BCUT2D eigenvalue weighted by atomic mass is 16.3. The Morgan fingerprint density at radius 2 is 1.65 bits per heavy atom. The van der Waals surface area contributed by atoms with Crippen LogP contribution in [-0.2, 0) is 9.59 Å². The monoisotopic (exact) mass is 360 g/mol. The minimum Gasteiger partial charge on any atom is -0.508 e. The van der Waals surface area contributed by atoms with Crippen molar-refractivity contribution < 1.29 is 19.8 Å². The van der Waals surface area contributed by atoms with Crippen molar-refractivity contribution in [2.75, 3.05) is 0 Å². The molecule has 1 atom stereocenters. The fraction of sp³-hybridized carbons (Fsp3) is 0.545. The summed E-state index contributed by atoms with van der Waals surface area (Å²) in [6.45, 7) is 13.1. The predicted molar refractivity (Wildman–Crippen MR) is 105 cm³/mol. The number of ketones is 2. The molecule has 0 unspecified atom stereocenters. The molecule has 0 saturated carbocycles. The largest absolute Gasteiger partial charge is 0.508 e. The second kappa shape index (κ2) is 8.63. The van der Waals surface area contributed by atoms with Gasteiger partial charge < -0.3 is 10.2 Å². The van der Waals surface area contributed by atoms with Gasteiger partial charge in [-0.1, -0.05) is 37.1 Å². The summed E-state index contributed by atoms with van der Waals surface area (Å²) in [5, 5.41) is 21.8. The lowest BCUT2D eigenvalue weighted by atomic mass is 9.74. The summed E-state index contributed by atoms with van der Waals surface area (Å²) in [6.07, 6.45) is 4.13. The maximum absolute atomic E-state index is 13.0. The first-order valence-corrected chi connectivity index (χ1v) is 9.12. The summed E-state index contributed by atoms with van der Waals surface area (Å²) in [5.41, 5.74) is 0.841. The highest BCUT2D eigenvalue weighted by molar-refractivity contribution is 6.12. The summed E-state index contributed by atoms with van der Waals surface area (Å²) in [4.78, 5) is 25.8. The fourth-order valence-corrected chi connectivity index (χ4v) is 2.97. The Labute approximate surface area is 157 Å². The summed E-state index contributed by atoms with van der Waals surface area (Å²) >= 11 is 0. The second-order valence-electron chi connectivity index (χ2n) is 8.01. The summed E-state index contributed by atoms with van der Waals surface area (Å²) in [5.74, 6) is -1.17. The predicted octanol–water partition coefficient (Wildman–Crippen LogP) is 4.76. The average molecular weight is 360 g/mol. The van der Waals surface area contributed by atoms with Gasteiger partial charge in [-0.15, -0.1) is 0 Å². The first kappa shape index (κ1) is 22.1. The number of rotatable bonds is 7. The summed E-state index contributed by atoms with van der Waals surface area (Å²) in [7, 11) is 0. The molecule has 0 radical (unpaired) electrons. The first-order valence-electron chi connectivity index (χ1n) is 9.12. The zero-order valence-electron chi connectivity index (χ0n) is 17.1. The average Bonchev–Trinajstić information content (AvgIpc) is 2.50. The van der Waals surface area contributed by atoms with E-state index >= 15 is 0 Å². The van der Waals surface area contributed by atoms with Gasteiger partial charge in [0.25, 0.3) is 0 Å². The lowest BCUT2D eigenvalue weighted by Gasteiger charge is -2.33. The number of aliphatic hydroxyl groups is 2. The Morgan fingerprint density at radius 1 is 1.12 bits per heavy atom. The third-order valence-electron chi connectivity index (χ3n) is 4.50. The summed E-state index contributed by atoms with van der Waals surface area (Å²) < 4.78 is 0. The van der Waals surface area contributed by atoms with Crippen LogP contribution >= 0.6 is 0 Å². The van der Waals surface area contributed by atoms with Crippen LogP contribution in [0.5, 0.6) is 0 Å². The van der Waals surface area contributed by atoms with Crippen LogP contribution in [-0.4, -0.2) is 27.4 Å². The Hall–Kier alpha value is -1.94. The van der Waals surface area contributed by atoms with E-state index in [1.54, 1.807) is 13.0 Å². The van der Waals surface area contributed by atoms with Crippen molar-refractivity contribution in [2.45, 2.75) is 73.3 Å². The van der Waals surface area contributed by atoms with Gasteiger partial charge in [0.15, 0.2) is 17.2 Å². The number of hydrogen-bond acceptors (Lipinski definition) is 4. The Balaban J connectivity index is 3.58. The van der Waals surface area contributed by atoms with E-state index in [0.717, 1.165) is 11.1 Å². The van der Waals surface area contributed by atoms with Crippen molar-refractivity contribution >= 4 is 11.6 Å². The molecule has 0 heterocycles. The van der Waals surface area contributed by atoms with Crippen molar-refractivity contribution in [2.24, 2.45) is 5.92 Å². The molecule has 144 valence electrons. The number of Topliss-reactive ketones (excluding diaryl/α,β-unsaturated/α-hetero) is 2. The topological polar surface area (TPSA) is 74.6 Å². The molecule has 0 saturated heterocycles. The molecule has 0 bridgehead atoms. The van der Waals surface area contributed by atoms with Crippen LogP contribution in [0.1, 0.15) is 67.7 Å². The third kappa shape index (κ3) is 4.82. The molecule has 0 fully saturated rings. The highest BCUT2D eigenvalue weighted by Gasteiger charge is 2.47. The minimum absolute atomic E-state index is 0.0515. The van der Waals surface area contributed by atoms with Crippen molar-refractivity contribution in [1.29, 1.82) is 0 Å². The zero-order valence-corrected chi connectivity index (χ0v) is 17.1. The van der Waals surface area contributed by atoms with Gasteiger partial charge in [-0.2, -0.15) is 0 Å². The van der Waals surface area contributed by atoms with Crippen LogP contribution < -0.4 is 0 Å². The molecule has 1 rings (SSSR count). The van der Waals surface area contributed by atoms with E-state index in [1.165, 1.54) is 0 Å². The number of hydrogen-bond donors (Lipinski definition) is 2. The van der Waals surface area contributed by atoms with Crippen molar-refractivity contribution in [3.63, 3.8) is 0 Å². The molecule has 2 N–H and O–H groups in total. The van der Waals surface area contributed by atoms with Crippen LogP contribution in [0.3, 0.4) is 0 Å². The molecule has 26 heavy (non-hydrogen) atoms. The minimum atomic E-state index is -2.08. The highest BCUT2D eigenvalue weighted by Crippen LogP contribution is 2.38. The van der Waals surface area contributed by atoms with Gasteiger partial charge in [0.2, 0.25) is 0 Å². The van der Waals surface area contributed by atoms with Gasteiger partial charge in [0.05, 0.1) is 5.57 Å². The van der Waals surface area contributed by atoms with Crippen molar-refractivity contribution in [3.8, 4) is 0 Å². The maximum atomic E-state index is 13.0. The molecule has 0 aromatic carbocycles. The standard InChI is InChI=1S/C22H32O4/c1-13(2)8-9-17-16(7)19(18(23)12-15(5)6)21(25)22(26,20(17)24)11-10-14(3)4/h8,10,15,25-26H,9,11-12H2,1-7H3/t22-/m1/s1. The zero-order chi connectivity index (χ0) is 20.2. The Morgan fingerprint density at radius 3 is 2.12 bits per heavy atom. The second-order valence-corrected chi connectivity index (χ2v) is 8.01. The van der Waals surface area contributed by atoms with Gasteiger partial charge in [-0.25, -0.2) is 0 Å². The summed E-state index contributed by atoms with van der Waals surface area (Å²) in [6, 6.07) is 0. The van der Waals surface area contributed by atoms with Gasteiger partial charge in [-0.05, 0) is 52.5 Å². The molecular formula is C22H32O4. The molecule has 0 amide bonds. The van der Waals surface area contributed by atoms with Crippen LogP contribution in [0.15, 0.2) is 45.8 Å². The molecule has 0 spiro atoms. The van der Waals surface area contributed by atoms with Crippen LogP contribution in [0, 0.1) is 5.92 Å². The third-order valence-corrected chi connectivity index (χ3v) is 4.50. The van der Waals surface area contributed by atoms with Crippen LogP contribution in [0.25, 0.3) is 0 Å². The SMILES string of the molecule is CC(C)=CCC1=C(C)C(C(=O)CC(C)C)=C(O)[C@@](O)(CC=C(C)C)C1=O. The molecule has 1 aliphatic carbocycles. The van der Waals surface area contributed by atoms with Crippen LogP contribution in [0.2, 0.25) is 0 Å². The molecule has 4 heteroatoms. The van der Waals surface area contributed by atoms with E-state index in [2.05, 4.69) is 0 Å². The number of carbonyl (C=O) groups is 2. The molecule has 0 aromatic rings. The van der Waals surface area contributed by atoms with E-state index in [9.17, 15) is 19.8 Å². The van der Waals surface area contributed by atoms with E-state index in [0.29, 0.717) is 17.6 Å². The van der Waals surface area contributed by atoms with E-state index in [1.807, 2.05) is 47.6 Å². The van der Waals surface area contributed by atoms with Crippen molar-refractivity contribution in [3.05, 3.63) is 45.8 Å². The molecule has 0 aromatic heterocycles. The smallest absolute Gasteiger partial charge is 0.199 e. The molecule has 1 aliphatic rings. The molecular weight excluding hydrogens is 328 g/mol. The van der Waals surface area contributed by atoms with E-state index in [4.69, 9.17) is 0 Å². The quantitative estimate of drug-likeness (QED) is 0.642. The number of aliphatic hydroxyl groups excluding tert-OH is 1. The molecule has 0 aliphatic heterocycles. The fourth-order valence-electron chi connectivity index (χ4n) is 2.97. The van der Waals surface area contributed by atoms with Crippen LogP contribution in [0.4, 0.5) is 0 Å². The van der Waals surface area contributed by atoms with E-state index < -0.39 is 17.1 Å². The maximum Gasteiger partial charge on any atom is 0.199 e. The van der Waals surface area contributed by atoms with E-state index in [-0.39, 0.29) is 30.1 Å². The molecule has 4 nitrogen and oxygen atoms in total. The van der Waals surface area contributed by atoms with Gasteiger partial charge in [0.1, 0.15) is 5.76 Å². The Kier molecular flexibility index (Phi) is 7.34. The van der Waals surface area contributed by atoms with Crippen molar-refractivity contribution in [1.82, 2.24) is 0 Å².